The number of rotatable bonds is 13. The molecule has 0 aromatic heterocycles. The summed E-state index contributed by atoms with van der Waals surface area (Å²) in [5.74, 6) is 0.534. The molecule has 3 rings (SSSR count). The van der Waals surface area contributed by atoms with Gasteiger partial charge in [-0.05, 0) is 74.5 Å². The Morgan fingerprint density at radius 1 is 0.975 bits per heavy atom. The van der Waals surface area contributed by atoms with E-state index in [9.17, 15) is 19.2 Å². The molecule has 0 heterocycles. The van der Waals surface area contributed by atoms with E-state index in [1.165, 1.54) is 6.92 Å². The van der Waals surface area contributed by atoms with E-state index in [4.69, 9.17) is 0 Å². The zero-order valence-electron chi connectivity index (χ0n) is 24.8. The van der Waals surface area contributed by atoms with Crippen LogP contribution in [0.1, 0.15) is 106 Å². The summed E-state index contributed by atoms with van der Waals surface area (Å²) in [7, 11) is 0. The first-order valence-corrected chi connectivity index (χ1v) is 15.1. The molecule has 0 saturated heterocycles. The van der Waals surface area contributed by atoms with Crippen molar-refractivity contribution in [2.45, 2.75) is 98.3 Å². The van der Waals surface area contributed by atoms with Crippen molar-refractivity contribution in [3.8, 4) is 0 Å². The zero-order valence-corrected chi connectivity index (χ0v) is 24.8. The van der Waals surface area contributed by atoms with E-state index >= 15 is 0 Å². The average molecular weight is 543 g/mol. The molecule has 0 fully saturated rings. The average Bonchev–Trinajstić information content (AvgIpc) is 2.89. The van der Waals surface area contributed by atoms with Gasteiger partial charge in [-0.15, -0.1) is 0 Å². The molecule has 0 aliphatic heterocycles. The van der Waals surface area contributed by atoms with Crippen molar-refractivity contribution < 1.29 is 19.2 Å². The Bertz CT molecular complexity index is 1210. The van der Waals surface area contributed by atoms with Crippen molar-refractivity contribution in [3.63, 3.8) is 0 Å². The molecule has 0 bridgehead atoms. The number of hydrogen-bond acceptors (Lipinski definition) is 4. The van der Waals surface area contributed by atoms with E-state index in [0.29, 0.717) is 19.3 Å². The molecule has 1 aromatic carbocycles. The van der Waals surface area contributed by atoms with Crippen molar-refractivity contribution in [2.24, 2.45) is 17.8 Å². The van der Waals surface area contributed by atoms with Crippen LogP contribution >= 0.6 is 0 Å². The first-order valence-electron chi connectivity index (χ1n) is 15.1. The van der Waals surface area contributed by atoms with E-state index in [1.54, 1.807) is 0 Å². The number of allylic oxidation sites excluding steroid dienone is 8. The number of benzene rings is 1. The molecule has 1 aromatic rings. The lowest BCUT2D eigenvalue weighted by Crippen LogP contribution is -2.30. The highest BCUT2D eigenvalue weighted by Gasteiger charge is 2.33. The molecule has 0 saturated carbocycles. The molecule has 0 N–H and O–H groups in total. The smallest absolute Gasteiger partial charge is 0.163 e. The summed E-state index contributed by atoms with van der Waals surface area (Å²) in [5.41, 5.74) is 4.83. The summed E-state index contributed by atoms with van der Waals surface area (Å²) in [6, 6.07) is 4.07. The fourth-order valence-corrected chi connectivity index (χ4v) is 6.50. The SMILES string of the molecule is CCCC(CC1CC(=O)c2c(ccc(CC(=O)CC3=CC=CCC=CC=CC3)c2C)C1)C(CC)C(=O)CC(C)=O. The fourth-order valence-electron chi connectivity index (χ4n) is 6.50. The van der Waals surface area contributed by atoms with E-state index < -0.39 is 0 Å². The molecule has 2 aliphatic rings. The first-order chi connectivity index (χ1) is 19.2. The van der Waals surface area contributed by atoms with Gasteiger partial charge in [0, 0.05) is 30.7 Å². The molecule has 2 aliphatic carbocycles. The van der Waals surface area contributed by atoms with Gasteiger partial charge in [-0.25, -0.2) is 0 Å². The summed E-state index contributed by atoms with van der Waals surface area (Å²) >= 11 is 0. The van der Waals surface area contributed by atoms with E-state index in [2.05, 4.69) is 25.2 Å². The summed E-state index contributed by atoms with van der Waals surface area (Å²) in [5, 5.41) is 0. The van der Waals surface area contributed by atoms with Gasteiger partial charge < -0.3 is 0 Å². The molecule has 3 unspecified atom stereocenters. The number of ketones is 4. The highest BCUT2D eigenvalue weighted by molar-refractivity contribution is 6.01. The lowest BCUT2D eigenvalue weighted by Gasteiger charge is -2.32. The fraction of sp³-hybridized carbons (Fsp3) is 0.500. The van der Waals surface area contributed by atoms with Gasteiger partial charge >= 0.3 is 0 Å². The molecule has 0 radical (unpaired) electrons. The lowest BCUT2D eigenvalue weighted by molar-refractivity contribution is -0.130. The van der Waals surface area contributed by atoms with Crippen LogP contribution in [-0.2, 0) is 27.2 Å². The van der Waals surface area contributed by atoms with Crippen molar-refractivity contribution in [1.29, 1.82) is 0 Å². The van der Waals surface area contributed by atoms with Crippen LogP contribution in [0.5, 0.6) is 0 Å². The van der Waals surface area contributed by atoms with Crippen LogP contribution in [0.25, 0.3) is 0 Å². The second-order valence-corrected chi connectivity index (χ2v) is 11.7. The number of hydrogen-bond donors (Lipinski definition) is 0. The topological polar surface area (TPSA) is 68.3 Å². The maximum atomic E-state index is 13.4. The van der Waals surface area contributed by atoms with Crippen LogP contribution in [0.3, 0.4) is 0 Å². The second-order valence-electron chi connectivity index (χ2n) is 11.7. The molecule has 214 valence electrons. The summed E-state index contributed by atoms with van der Waals surface area (Å²) < 4.78 is 0. The molecule has 40 heavy (non-hydrogen) atoms. The zero-order chi connectivity index (χ0) is 29.1. The Morgan fingerprint density at radius 3 is 2.45 bits per heavy atom. The Hall–Kier alpha value is -3.14. The Labute approximate surface area is 240 Å². The molecule has 4 nitrogen and oxygen atoms in total. The van der Waals surface area contributed by atoms with Gasteiger partial charge in [0.15, 0.2) is 5.78 Å². The molecule has 0 spiro atoms. The van der Waals surface area contributed by atoms with Gasteiger partial charge in [-0.1, -0.05) is 86.9 Å². The van der Waals surface area contributed by atoms with Crippen LogP contribution in [0.4, 0.5) is 0 Å². The Kier molecular flexibility index (Phi) is 12.2. The molecule has 0 amide bonds. The van der Waals surface area contributed by atoms with Crippen molar-refractivity contribution in [1.82, 2.24) is 0 Å². The Balaban J connectivity index is 1.71. The molecular formula is C36H46O4. The van der Waals surface area contributed by atoms with Crippen molar-refractivity contribution in [3.05, 3.63) is 82.5 Å². The van der Waals surface area contributed by atoms with Gasteiger partial charge in [-0.2, -0.15) is 0 Å². The second kappa shape index (κ2) is 15.6. The van der Waals surface area contributed by atoms with E-state index in [1.807, 2.05) is 50.3 Å². The predicted molar refractivity (Wildman–Crippen MR) is 162 cm³/mol. The van der Waals surface area contributed by atoms with Gasteiger partial charge in [0.25, 0.3) is 0 Å². The third kappa shape index (κ3) is 8.94. The van der Waals surface area contributed by atoms with E-state index in [0.717, 1.165) is 72.8 Å². The van der Waals surface area contributed by atoms with Gasteiger partial charge in [-0.3, -0.25) is 19.2 Å². The highest BCUT2D eigenvalue weighted by atomic mass is 16.1. The third-order valence-corrected chi connectivity index (χ3v) is 8.38. The van der Waals surface area contributed by atoms with Crippen LogP contribution in [0.2, 0.25) is 0 Å². The standard InChI is InChI=1S/C36H46O4/c1-5-14-30(33(6-2)34(39)19-25(3)37)20-28-21-31-18-17-29(26(4)36(31)35(40)23-28)24-32(38)22-27-15-12-10-8-7-9-11-13-16-27/h7-8,10-13,16-18,28,30,33H,5-6,9,14-15,19-24H2,1-4H3. The number of fused-ring (bicyclic) bond motifs is 1. The monoisotopic (exact) mass is 542 g/mol. The van der Waals surface area contributed by atoms with Gasteiger partial charge in [0.1, 0.15) is 17.3 Å². The number of carbonyl (C=O) groups excluding carboxylic acids is 4. The van der Waals surface area contributed by atoms with Gasteiger partial charge in [0.2, 0.25) is 0 Å². The number of Topliss-reactive ketones (excluding diaryl/α,β-unsaturated/α-hetero) is 4. The summed E-state index contributed by atoms with van der Waals surface area (Å²) in [4.78, 5) is 50.9. The quantitative estimate of drug-likeness (QED) is 0.237. The first kappa shape index (κ1) is 31.4. The normalized spacial score (nSPS) is 18.6. The minimum absolute atomic E-state index is 0.00781. The summed E-state index contributed by atoms with van der Waals surface area (Å²) in [6.07, 6.45) is 21.5. The van der Waals surface area contributed by atoms with E-state index in [-0.39, 0.29) is 47.3 Å². The van der Waals surface area contributed by atoms with Crippen molar-refractivity contribution >= 4 is 23.1 Å². The Morgan fingerprint density at radius 2 is 1.73 bits per heavy atom. The molecule has 4 heteroatoms. The van der Waals surface area contributed by atoms with Crippen LogP contribution in [0, 0.1) is 24.7 Å². The largest absolute Gasteiger partial charge is 0.300 e. The predicted octanol–water partition coefficient (Wildman–Crippen LogP) is 8.01. The number of carbonyl (C=O) groups is 4. The van der Waals surface area contributed by atoms with Crippen LogP contribution < -0.4 is 0 Å². The van der Waals surface area contributed by atoms with Gasteiger partial charge in [0.05, 0.1) is 6.42 Å². The highest BCUT2D eigenvalue weighted by Crippen LogP contribution is 2.37. The van der Waals surface area contributed by atoms with Crippen molar-refractivity contribution in [2.75, 3.05) is 0 Å². The third-order valence-electron chi connectivity index (χ3n) is 8.38. The molecule has 3 atom stereocenters. The van der Waals surface area contributed by atoms with Crippen LogP contribution in [0.15, 0.2) is 60.2 Å². The van der Waals surface area contributed by atoms with Crippen LogP contribution in [-0.4, -0.2) is 23.1 Å². The molecular weight excluding hydrogens is 496 g/mol. The summed E-state index contributed by atoms with van der Waals surface area (Å²) in [6.45, 7) is 7.61. The maximum absolute atomic E-state index is 13.4. The lowest BCUT2D eigenvalue weighted by atomic mass is 9.72. The minimum atomic E-state index is -0.125. The maximum Gasteiger partial charge on any atom is 0.163 e. The minimum Gasteiger partial charge on any atom is -0.300 e.